The lowest BCUT2D eigenvalue weighted by molar-refractivity contribution is 0.868. The monoisotopic (exact) mass is 256 g/mol. The normalized spacial score (nSPS) is 15.8. The molecule has 0 aromatic heterocycles. The van der Waals surface area contributed by atoms with Gasteiger partial charge in [0.2, 0.25) is 0 Å². The van der Waals surface area contributed by atoms with Gasteiger partial charge in [-0.2, -0.15) is 0 Å². The van der Waals surface area contributed by atoms with Crippen LogP contribution in [-0.4, -0.2) is 0 Å². The average Bonchev–Trinajstić information content (AvgIpc) is 2.82. The number of nitrogens with one attached hydrogen (secondary N) is 1. The summed E-state index contributed by atoms with van der Waals surface area (Å²) in [5.74, 6) is 0. The van der Waals surface area contributed by atoms with Gasteiger partial charge in [-0.15, -0.1) is 0 Å². The standard InChI is InChI=1S/C19H14N/c20-19-17-10-5-4-9-15(17)16-12-6-11-14(18(16)19)13-7-2-1-3-8-13/h1-12,19-20H. The van der Waals surface area contributed by atoms with Crippen LogP contribution in [0, 0.1) is 0 Å². The van der Waals surface area contributed by atoms with E-state index in [1.54, 1.807) is 0 Å². The number of fused-ring (bicyclic) bond motifs is 3. The molecule has 3 aromatic carbocycles. The van der Waals surface area contributed by atoms with Gasteiger partial charge in [-0.25, -0.2) is 5.73 Å². The maximum Gasteiger partial charge on any atom is 0.0730 e. The molecule has 0 spiro atoms. The summed E-state index contributed by atoms with van der Waals surface area (Å²) in [5.41, 5.74) is 15.6. The molecule has 1 aliphatic rings. The summed E-state index contributed by atoms with van der Waals surface area (Å²) >= 11 is 0. The molecule has 1 atom stereocenters. The molecule has 0 saturated carbocycles. The first-order valence-electron chi connectivity index (χ1n) is 6.85. The van der Waals surface area contributed by atoms with E-state index in [2.05, 4.69) is 60.7 Å². The fraction of sp³-hybridized carbons (Fsp3) is 0.0526. The van der Waals surface area contributed by atoms with Crippen LogP contribution in [0.4, 0.5) is 0 Å². The summed E-state index contributed by atoms with van der Waals surface area (Å²) < 4.78 is 0. The Bertz CT molecular complexity index is 775. The van der Waals surface area contributed by atoms with E-state index < -0.39 is 0 Å². The Morgan fingerprint density at radius 2 is 1.25 bits per heavy atom. The second-order valence-electron chi connectivity index (χ2n) is 5.15. The third kappa shape index (κ3) is 1.54. The van der Waals surface area contributed by atoms with Crippen molar-refractivity contribution in [1.29, 1.82) is 0 Å². The average molecular weight is 256 g/mol. The Balaban J connectivity index is 2.00. The minimum Gasteiger partial charge on any atom is -0.245 e. The third-order valence-electron chi connectivity index (χ3n) is 4.04. The molecule has 0 heterocycles. The van der Waals surface area contributed by atoms with Crippen molar-refractivity contribution in [1.82, 2.24) is 5.73 Å². The van der Waals surface area contributed by atoms with Crippen molar-refractivity contribution >= 4 is 0 Å². The highest BCUT2D eigenvalue weighted by molar-refractivity contribution is 5.86. The highest BCUT2D eigenvalue weighted by Gasteiger charge is 2.28. The molecule has 1 heteroatoms. The van der Waals surface area contributed by atoms with E-state index >= 15 is 0 Å². The van der Waals surface area contributed by atoms with Gasteiger partial charge in [-0.3, -0.25) is 0 Å². The maximum atomic E-state index is 8.59. The lowest BCUT2D eigenvalue weighted by Gasteiger charge is -2.12. The largest absolute Gasteiger partial charge is 0.245 e. The number of hydrogen-bond acceptors (Lipinski definition) is 0. The molecular weight excluding hydrogens is 242 g/mol. The Hall–Kier alpha value is -2.38. The lowest BCUT2D eigenvalue weighted by atomic mass is 9.94. The van der Waals surface area contributed by atoms with Gasteiger partial charge >= 0.3 is 0 Å². The Labute approximate surface area is 118 Å². The second kappa shape index (κ2) is 4.32. The van der Waals surface area contributed by atoms with Crippen molar-refractivity contribution < 1.29 is 0 Å². The van der Waals surface area contributed by atoms with Crippen molar-refractivity contribution in [2.75, 3.05) is 0 Å². The highest BCUT2D eigenvalue weighted by atomic mass is 14.7. The molecule has 1 N–H and O–H groups in total. The minimum atomic E-state index is -0.280. The molecule has 1 aliphatic carbocycles. The van der Waals surface area contributed by atoms with Gasteiger partial charge in [0.1, 0.15) is 0 Å². The van der Waals surface area contributed by atoms with E-state index in [0.717, 1.165) is 11.1 Å². The molecule has 1 unspecified atom stereocenters. The molecule has 1 nitrogen and oxygen atoms in total. The molecule has 0 bridgehead atoms. The Kier molecular flexibility index (Phi) is 2.48. The second-order valence-corrected chi connectivity index (χ2v) is 5.15. The van der Waals surface area contributed by atoms with E-state index in [9.17, 15) is 0 Å². The van der Waals surface area contributed by atoms with Gasteiger partial charge in [-0.1, -0.05) is 72.8 Å². The first kappa shape index (κ1) is 11.4. The van der Waals surface area contributed by atoms with Gasteiger partial charge in [0, 0.05) is 0 Å². The minimum absolute atomic E-state index is 0.280. The molecule has 0 fully saturated rings. The molecule has 0 aliphatic heterocycles. The van der Waals surface area contributed by atoms with E-state index in [1.165, 1.54) is 22.3 Å². The number of rotatable bonds is 1. The molecule has 20 heavy (non-hydrogen) atoms. The molecule has 0 amide bonds. The molecular formula is C19H14N. The van der Waals surface area contributed by atoms with Gasteiger partial charge in [0.05, 0.1) is 6.04 Å². The first-order valence-corrected chi connectivity index (χ1v) is 6.85. The number of benzene rings is 3. The van der Waals surface area contributed by atoms with Gasteiger partial charge in [0.15, 0.2) is 0 Å². The van der Waals surface area contributed by atoms with Crippen LogP contribution in [0.3, 0.4) is 0 Å². The zero-order chi connectivity index (χ0) is 13.5. The summed E-state index contributed by atoms with van der Waals surface area (Å²) in [6, 6.07) is 24.7. The van der Waals surface area contributed by atoms with Crippen LogP contribution in [-0.2, 0) is 0 Å². The first-order chi connectivity index (χ1) is 9.86. The van der Waals surface area contributed by atoms with Crippen molar-refractivity contribution in [2.24, 2.45) is 0 Å². The molecule has 4 rings (SSSR count). The van der Waals surface area contributed by atoms with Gasteiger partial charge in [0.25, 0.3) is 0 Å². The summed E-state index contributed by atoms with van der Waals surface area (Å²) in [6.07, 6.45) is 0. The maximum absolute atomic E-state index is 8.59. The Morgan fingerprint density at radius 3 is 2.10 bits per heavy atom. The van der Waals surface area contributed by atoms with E-state index in [0.29, 0.717) is 0 Å². The number of hydrogen-bond donors (Lipinski definition) is 0. The summed E-state index contributed by atoms with van der Waals surface area (Å²) in [4.78, 5) is 0. The summed E-state index contributed by atoms with van der Waals surface area (Å²) in [7, 11) is 0. The van der Waals surface area contributed by atoms with Crippen LogP contribution in [0.2, 0.25) is 0 Å². The molecule has 0 saturated heterocycles. The van der Waals surface area contributed by atoms with Gasteiger partial charge < -0.3 is 0 Å². The predicted molar refractivity (Wildman–Crippen MR) is 82.3 cm³/mol. The van der Waals surface area contributed by atoms with E-state index in [1.807, 2.05) is 12.1 Å². The smallest absolute Gasteiger partial charge is 0.0730 e. The predicted octanol–water partition coefficient (Wildman–Crippen LogP) is 4.71. The van der Waals surface area contributed by atoms with Crippen LogP contribution in [0.25, 0.3) is 22.3 Å². The third-order valence-corrected chi connectivity index (χ3v) is 4.04. The van der Waals surface area contributed by atoms with Crippen molar-refractivity contribution in [3.63, 3.8) is 0 Å². The summed E-state index contributed by atoms with van der Waals surface area (Å²) in [5, 5.41) is 0. The topological polar surface area (TPSA) is 23.8 Å². The van der Waals surface area contributed by atoms with E-state index in [-0.39, 0.29) is 6.04 Å². The fourth-order valence-electron chi connectivity index (χ4n) is 3.13. The quantitative estimate of drug-likeness (QED) is 0.602. The summed E-state index contributed by atoms with van der Waals surface area (Å²) in [6.45, 7) is 0. The highest BCUT2D eigenvalue weighted by Crippen LogP contribution is 2.46. The molecule has 1 radical (unpaired) electrons. The SMILES string of the molecule is [NH]C1c2ccccc2-c2cccc(-c3ccccc3)c21. The van der Waals surface area contributed by atoms with Crippen LogP contribution < -0.4 is 5.73 Å². The van der Waals surface area contributed by atoms with Gasteiger partial charge in [-0.05, 0) is 33.4 Å². The van der Waals surface area contributed by atoms with Crippen LogP contribution in [0.5, 0.6) is 0 Å². The zero-order valence-electron chi connectivity index (χ0n) is 11.0. The van der Waals surface area contributed by atoms with E-state index in [4.69, 9.17) is 5.73 Å². The van der Waals surface area contributed by atoms with Crippen LogP contribution in [0.1, 0.15) is 17.2 Å². The van der Waals surface area contributed by atoms with Crippen molar-refractivity contribution in [3.8, 4) is 22.3 Å². The van der Waals surface area contributed by atoms with Crippen molar-refractivity contribution in [2.45, 2.75) is 6.04 Å². The Morgan fingerprint density at radius 1 is 0.600 bits per heavy atom. The fourth-order valence-corrected chi connectivity index (χ4v) is 3.13. The molecule has 3 aromatic rings. The van der Waals surface area contributed by atoms with Crippen LogP contribution in [0.15, 0.2) is 72.8 Å². The molecule has 95 valence electrons. The van der Waals surface area contributed by atoms with Crippen molar-refractivity contribution in [3.05, 3.63) is 83.9 Å². The van der Waals surface area contributed by atoms with Crippen LogP contribution >= 0.6 is 0 Å². The lowest BCUT2D eigenvalue weighted by Crippen LogP contribution is -1.98. The zero-order valence-corrected chi connectivity index (χ0v) is 11.0.